The summed E-state index contributed by atoms with van der Waals surface area (Å²) in [5, 5.41) is 8.09. The lowest BCUT2D eigenvalue weighted by Gasteiger charge is -2.32. The summed E-state index contributed by atoms with van der Waals surface area (Å²) in [7, 11) is 0. The van der Waals surface area contributed by atoms with Crippen molar-refractivity contribution in [1.29, 1.82) is 0 Å². The number of hydrogen-bond donors (Lipinski definition) is 1. The molecule has 0 bridgehead atoms. The molecule has 1 unspecified atom stereocenters. The summed E-state index contributed by atoms with van der Waals surface area (Å²) in [6.07, 6.45) is 3.67. The van der Waals surface area contributed by atoms with Crippen molar-refractivity contribution in [2.24, 2.45) is 0 Å². The minimum atomic E-state index is -1.05. The Hall–Kier alpha value is -3.12. The van der Waals surface area contributed by atoms with E-state index in [4.69, 9.17) is 11.6 Å². The number of nitrogens with one attached hydrogen (secondary N) is 1. The molecule has 3 aromatic rings. The first kappa shape index (κ1) is 18.9. The van der Waals surface area contributed by atoms with Crippen molar-refractivity contribution in [2.45, 2.75) is 31.6 Å². The highest BCUT2D eigenvalue weighted by Gasteiger charge is 2.56. The van der Waals surface area contributed by atoms with Crippen LogP contribution in [0.2, 0.25) is 5.02 Å². The molecule has 1 N–H and O–H groups in total. The monoisotopic (exact) mass is 420 g/mol. The second-order valence-corrected chi connectivity index (χ2v) is 8.19. The molecular weight excluding hydrogens is 400 g/mol. The zero-order chi connectivity index (χ0) is 20.9. The van der Waals surface area contributed by atoms with Gasteiger partial charge >= 0.3 is 0 Å². The van der Waals surface area contributed by atoms with Gasteiger partial charge in [-0.2, -0.15) is 5.10 Å². The SMILES string of the molecule is CCCCN1C(=O)C2(CC(=O)Nc3c2cnn3-c2ccc(Cl)cc2)c2ccccc21. The number of unbranched alkanes of at least 4 members (excludes halogenated alkanes) is 1. The molecule has 0 aliphatic carbocycles. The first-order valence-corrected chi connectivity index (χ1v) is 10.5. The van der Waals surface area contributed by atoms with E-state index in [9.17, 15) is 9.59 Å². The molecule has 1 aromatic heterocycles. The van der Waals surface area contributed by atoms with E-state index < -0.39 is 5.41 Å². The molecule has 2 amide bonds. The van der Waals surface area contributed by atoms with Crippen LogP contribution >= 0.6 is 11.6 Å². The molecule has 2 aliphatic heterocycles. The third-order valence-corrected chi connectivity index (χ3v) is 6.24. The molecule has 0 fully saturated rings. The number of carbonyl (C=O) groups excluding carboxylic acids is 2. The van der Waals surface area contributed by atoms with E-state index in [-0.39, 0.29) is 18.2 Å². The number of aromatic nitrogens is 2. The Morgan fingerprint density at radius 1 is 1.10 bits per heavy atom. The number of nitrogens with zero attached hydrogens (tertiary/aromatic N) is 3. The van der Waals surface area contributed by atoms with Gasteiger partial charge in [0, 0.05) is 29.2 Å². The van der Waals surface area contributed by atoms with E-state index in [1.165, 1.54) is 0 Å². The molecule has 7 heteroatoms. The molecular formula is C23H21ClN4O2. The zero-order valence-electron chi connectivity index (χ0n) is 16.6. The summed E-state index contributed by atoms with van der Waals surface area (Å²) in [6.45, 7) is 2.74. The smallest absolute Gasteiger partial charge is 0.242 e. The average molecular weight is 421 g/mol. The molecule has 6 nitrogen and oxygen atoms in total. The molecule has 30 heavy (non-hydrogen) atoms. The second kappa shape index (κ2) is 6.99. The summed E-state index contributed by atoms with van der Waals surface area (Å²) in [4.78, 5) is 28.5. The molecule has 0 radical (unpaired) electrons. The summed E-state index contributed by atoms with van der Waals surface area (Å²) >= 11 is 6.02. The van der Waals surface area contributed by atoms with Crippen LogP contribution < -0.4 is 10.2 Å². The van der Waals surface area contributed by atoms with Crippen LogP contribution in [-0.2, 0) is 15.0 Å². The van der Waals surface area contributed by atoms with Gasteiger partial charge in [0.15, 0.2) is 0 Å². The van der Waals surface area contributed by atoms with Crippen LogP contribution in [0, 0.1) is 0 Å². The molecule has 3 heterocycles. The Morgan fingerprint density at radius 3 is 2.63 bits per heavy atom. The number of amides is 2. The minimum Gasteiger partial charge on any atom is -0.311 e. The predicted octanol–water partition coefficient (Wildman–Crippen LogP) is 4.30. The quantitative estimate of drug-likeness (QED) is 0.684. The van der Waals surface area contributed by atoms with E-state index in [0.717, 1.165) is 35.3 Å². The number of hydrogen-bond acceptors (Lipinski definition) is 3. The number of rotatable bonds is 4. The molecule has 2 aliphatic rings. The van der Waals surface area contributed by atoms with E-state index in [2.05, 4.69) is 17.3 Å². The van der Waals surface area contributed by atoms with Crippen molar-refractivity contribution in [2.75, 3.05) is 16.8 Å². The highest BCUT2D eigenvalue weighted by atomic mass is 35.5. The van der Waals surface area contributed by atoms with Crippen molar-refractivity contribution < 1.29 is 9.59 Å². The van der Waals surface area contributed by atoms with Gasteiger partial charge in [0.2, 0.25) is 11.8 Å². The number of anilines is 2. The number of halogens is 1. The fourth-order valence-electron chi connectivity index (χ4n) is 4.57. The standard InChI is InChI=1S/C23H21ClN4O2/c1-2-3-12-27-19-7-5-4-6-17(19)23(22(27)30)13-20(29)26-21-18(23)14-25-28(21)16-10-8-15(24)9-11-16/h4-11,14H,2-3,12-13H2,1H3,(H,26,29). The minimum absolute atomic E-state index is 0.0519. The van der Waals surface area contributed by atoms with Crippen molar-refractivity contribution in [3.05, 3.63) is 70.9 Å². The molecule has 2 aromatic carbocycles. The average Bonchev–Trinajstić information content (AvgIpc) is 3.26. The molecule has 152 valence electrons. The maximum Gasteiger partial charge on any atom is 0.242 e. The summed E-state index contributed by atoms with van der Waals surface area (Å²) in [5.41, 5.74) is 2.20. The topological polar surface area (TPSA) is 67.2 Å². The van der Waals surface area contributed by atoms with E-state index in [0.29, 0.717) is 17.4 Å². The van der Waals surface area contributed by atoms with Gasteiger partial charge in [-0.1, -0.05) is 43.1 Å². The fourth-order valence-corrected chi connectivity index (χ4v) is 4.69. The van der Waals surface area contributed by atoms with Gasteiger partial charge < -0.3 is 10.2 Å². The first-order valence-electron chi connectivity index (χ1n) is 10.1. The molecule has 1 spiro atoms. The first-order chi connectivity index (χ1) is 14.6. The van der Waals surface area contributed by atoms with Gasteiger partial charge in [-0.05, 0) is 42.3 Å². The van der Waals surface area contributed by atoms with E-state index in [1.807, 2.05) is 41.3 Å². The summed E-state index contributed by atoms with van der Waals surface area (Å²) in [6, 6.07) is 15.0. The summed E-state index contributed by atoms with van der Waals surface area (Å²) in [5.74, 6) is 0.289. The second-order valence-electron chi connectivity index (χ2n) is 7.75. The van der Waals surface area contributed by atoms with Crippen LogP contribution in [0.15, 0.2) is 54.7 Å². The van der Waals surface area contributed by atoms with Gasteiger partial charge in [-0.25, -0.2) is 4.68 Å². The lowest BCUT2D eigenvalue weighted by Crippen LogP contribution is -2.46. The third-order valence-electron chi connectivity index (χ3n) is 5.98. The van der Waals surface area contributed by atoms with E-state index in [1.54, 1.807) is 23.0 Å². The molecule has 0 saturated heterocycles. The number of para-hydroxylation sites is 1. The maximum absolute atomic E-state index is 13.8. The van der Waals surface area contributed by atoms with Crippen molar-refractivity contribution in [1.82, 2.24) is 9.78 Å². The van der Waals surface area contributed by atoms with Gasteiger partial charge in [0.05, 0.1) is 11.9 Å². The molecule has 1 atom stereocenters. The maximum atomic E-state index is 13.8. The Labute approximate surface area is 179 Å². The van der Waals surface area contributed by atoms with Crippen LogP contribution in [0.25, 0.3) is 5.69 Å². The van der Waals surface area contributed by atoms with Gasteiger partial charge in [-0.15, -0.1) is 0 Å². The molecule has 0 saturated carbocycles. The van der Waals surface area contributed by atoms with Crippen molar-refractivity contribution in [3.8, 4) is 5.69 Å². The summed E-state index contributed by atoms with van der Waals surface area (Å²) < 4.78 is 1.66. The molecule has 5 rings (SSSR count). The van der Waals surface area contributed by atoms with E-state index >= 15 is 0 Å². The Morgan fingerprint density at radius 2 is 1.87 bits per heavy atom. The Balaban J connectivity index is 1.70. The van der Waals surface area contributed by atoms with Gasteiger partial charge in [-0.3, -0.25) is 9.59 Å². The van der Waals surface area contributed by atoms with Crippen LogP contribution in [0.5, 0.6) is 0 Å². The fraction of sp³-hybridized carbons (Fsp3) is 0.261. The lowest BCUT2D eigenvalue weighted by atomic mass is 9.72. The highest BCUT2D eigenvalue weighted by Crippen LogP contribution is 2.52. The largest absolute Gasteiger partial charge is 0.311 e. The number of fused-ring (bicyclic) bond motifs is 4. The van der Waals surface area contributed by atoms with Crippen molar-refractivity contribution >= 4 is 34.9 Å². The Kier molecular flexibility index (Phi) is 4.40. The third kappa shape index (κ3) is 2.60. The van der Waals surface area contributed by atoms with Gasteiger partial charge in [0.1, 0.15) is 11.2 Å². The van der Waals surface area contributed by atoms with Crippen LogP contribution in [0.4, 0.5) is 11.5 Å². The zero-order valence-corrected chi connectivity index (χ0v) is 17.3. The van der Waals surface area contributed by atoms with Crippen LogP contribution in [0.3, 0.4) is 0 Å². The number of carbonyl (C=O) groups is 2. The van der Waals surface area contributed by atoms with Crippen LogP contribution in [0.1, 0.15) is 37.3 Å². The lowest BCUT2D eigenvalue weighted by molar-refractivity contribution is -0.126. The van der Waals surface area contributed by atoms with Crippen molar-refractivity contribution in [3.63, 3.8) is 0 Å². The predicted molar refractivity (Wildman–Crippen MR) is 116 cm³/mol. The van der Waals surface area contributed by atoms with Crippen LogP contribution in [-0.4, -0.2) is 28.1 Å². The van der Waals surface area contributed by atoms with Gasteiger partial charge in [0.25, 0.3) is 0 Å². The number of benzene rings is 2. The normalized spacial score (nSPS) is 19.7. The Bertz CT molecular complexity index is 1150. The highest BCUT2D eigenvalue weighted by molar-refractivity contribution is 6.30.